The Morgan fingerprint density at radius 2 is 1.45 bits per heavy atom. The van der Waals surface area contributed by atoms with Crippen LogP contribution in [0.15, 0.2) is 42.5 Å². The largest absolute Gasteiger partial charge is 0.478 e. The molecular formula is C18H10F6N2O3. The molecule has 0 unspecified atom stereocenters. The lowest BCUT2D eigenvalue weighted by Gasteiger charge is -2.14. The monoisotopic (exact) mass is 416 g/mol. The van der Waals surface area contributed by atoms with Crippen LogP contribution in [0.5, 0.6) is 0 Å². The van der Waals surface area contributed by atoms with Crippen LogP contribution >= 0.6 is 0 Å². The van der Waals surface area contributed by atoms with E-state index in [2.05, 4.69) is 4.98 Å². The number of amides is 1. The van der Waals surface area contributed by atoms with Gasteiger partial charge >= 0.3 is 18.3 Å². The number of carbonyl (C=O) groups is 2. The van der Waals surface area contributed by atoms with E-state index >= 15 is 0 Å². The fourth-order valence-electron chi connectivity index (χ4n) is 2.61. The van der Waals surface area contributed by atoms with E-state index < -0.39 is 41.0 Å². The van der Waals surface area contributed by atoms with Crippen LogP contribution in [-0.4, -0.2) is 22.0 Å². The van der Waals surface area contributed by atoms with Gasteiger partial charge in [-0.3, -0.25) is 4.79 Å². The average molecular weight is 416 g/mol. The molecule has 1 heterocycles. The first kappa shape index (κ1) is 20.2. The Morgan fingerprint density at radius 1 is 0.862 bits per heavy atom. The summed E-state index contributed by atoms with van der Waals surface area (Å²) in [7, 11) is 0. The third-order valence-electron chi connectivity index (χ3n) is 3.96. The molecule has 0 bridgehead atoms. The number of rotatable bonds is 3. The number of benzene rings is 2. The molecular weight excluding hydrogens is 406 g/mol. The molecule has 0 saturated heterocycles. The van der Waals surface area contributed by atoms with Crippen molar-refractivity contribution in [3.63, 3.8) is 0 Å². The first-order valence-corrected chi connectivity index (χ1v) is 7.81. The number of carbonyl (C=O) groups excluding carboxylic acids is 1. The van der Waals surface area contributed by atoms with Gasteiger partial charge in [0.2, 0.25) is 0 Å². The van der Waals surface area contributed by atoms with Gasteiger partial charge in [0.25, 0.3) is 5.91 Å². The molecule has 0 spiro atoms. The Bertz CT molecular complexity index is 1080. The van der Waals surface area contributed by atoms with E-state index in [0.717, 1.165) is 0 Å². The first-order valence-electron chi connectivity index (χ1n) is 7.81. The highest BCUT2D eigenvalue weighted by Gasteiger charge is 2.37. The molecule has 3 aromatic rings. The number of aromatic nitrogens is 1. The number of carboxylic acid groups (broad SMARTS) is 1. The van der Waals surface area contributed by atoms with E-state index in [1.54, 1.807) is 0 Å². The third-order valence-corrected chi connectivity index (χ3v) is 3.96. The lowest BCUT2D eigenvalue weighted by atomic mass is 10.1. The van der Waals surface area contributed by atoms with Crippen molar-refractivity contribution >= 4 is 28.5 Å². The van der Waals surface area contributed by atoms with E-state index in [4.69, 9.17) is 5.11 Å². The predicted octanol–water partition coefficient (Wildman–Crippen LogP) is 5.16. The van der Waals surface area contributed by atoms with Gasteiger partial charge in [0.05, 0.1) is 16.7 Å². The minimum absolute atomic E-state index is 0.0496. The van der Waals surface area contributed by atoms with Gasteiger partial charge in [0.1, 0.15) is 5.69 Å². The standard InChI is InChI=1S/C18H10F6N2O3/c19-17(20,21)10-5-11(18(22,23)24)7-12(6-10)25-15(27)14-4-9-3-8(16(28)29)1-2-13(9)26-14/h1-7,26H,(H,25,27)(H,28,29). The number of carboxylic acids is 1. The zero-order valence-electron chi connectivity index (χ0n) is 14.1. The van der Waals surface area contributed by atoms with E-state index in [0.29, 0.717) is 23.0 Å². The average Bonchev–Trinajstić information content (AvgIpc) is 3.03. The van der Waals surface area contributed by atoms with E-state index in [9.17, 15) is 35.9 Å². The van der Waals surface area contributed by atoms with Crippen molar-refractivity contribution in [1.29, 1.82) is 0 Å². The van der Waals surface area contributed by atoms with Crippen molar-refractivity contribution < 1.29 is 41.0 Å². The highest BCUT2D eigenvalue weighted by molar-refractivity contribution is 6.06. The Morgan fingerprint density at radius 3 is 1.97 bits per heavy atom. The highest BCUT2D eigenvalue weighted by Crippen LogP contribution is 2.37. The van der Waals surface area contributed by atoms with Crippen molar-refractivity contribution in [1.82, 2.24) is 4.98 Å². The van der Waals surface area contributed by atoms with Crippen LogP contribution < -0.4 is 5.32 Å². The number of halogens is 6. The number of hydrogen-bond acceptors (Lipinski definition) is 2. The van der Waals surface area contributed by atoms with Crippen LogP contribution in [0.2, 0.25) is 0 Å². The summed E-state index contributed by atoms with van der Waals surface area (Å²) in [5.41, 5.74) is -3.69. The zero-order valence-corrected chi connectivity index (χ0v) is 14.1. The van der Waals surface area contributed by atoms with Gasteiger partial charge in [-0.15, -0.1) is 0 Å². The Labute approximate surface area is 157 Å². The van der Waals surface area contributed by atoms with Crippen molar-refractivity contribution in [2.24, 2.45) is 0 Å². The second-order valence-electron chi connectivity index (χ2n) is 6.04. The molecule has 0 radical (unpaired) electrons. The van der Waals surface area contributed by atoms with E-state index in [-0.39, 0.29) is 17.3 Å². The SMILES string of the molecule is O=C(O)c1ccc2[nH]c(C(=O)Nc3cc(C(F)(F)F)cc(C(F)(F)F)c3)cc2c1. The molecule has 3 rings (SSSR count). The summed E-state index contributed by atoms with van der Waals surface area (Å²) in [6.45, 7) is 0. The Hall–Kier alpha value is -3.50. The van der Waals surface area contributed by atoms with Gasteiger partial charge in [-0.05, 0) is 42.5 Å². The zero-order chi connectivity index (χ0) is 21.6. The molecule has 11 heteroatoms. The van der Waals surface area contributed by atoms with E-state index in [1.165, 1.54) is 24.3 Å². The molecule has 29 heavy (non-hydrogen) atoms. The maximum absolute atomic E-state index is 12.9. The number of aromatic amines is 1. The molecule has 5 nitrogen and oxygen atoms in total. The van der Waals surface area contributed by atoms with Crippen LogP contribution in [0.4, 0.5) is 32.0 Å². The fraction of sp³-hybridized carbons (Fsp3) is 0.111. The normalized spacial score (nSPS) is 12.2. The molecule has 2 aromatic carbocycles. The Balaban J connectivity index is 1.96. The molecule has 0 fully saturated rings. The van der Waals surface area contributed by atoms with Crippen LogP contribution in [0, 0.1) is 0 Å². The summed E-state index contributed by atoms with van der Waals surface area (Å²) in [6, 6.07) is 5.86. The molecule has 0 aliphatic rings. The minimum Gasteiger partial charge on any atom is -0.478 e. The van der Waals surface area contributed by atoms with Crippen molar-refractivity contribution in [3.05, 3.63) is 64.8 Å². The summed E-state index contributed by atoms with van der Waals surface area (Å²) in [6.07, 6.45) is -10.1. The summed E-state index contributed by atoms with van der Waals surface area (Å²) in [5.74, 6) is -2.20. The summed E-state index contributed by atoms with van der Waals surface area (Å²) >= 11 is 0. The number of H-pyrrole nitrogens is 1. The maximum Gasteiger partial charge on any atom is 0.416 e. The van der Waals surface area contributed by atoms with Crippen LogP contribution in [-0.2, 0) is 12.4 Å². The molecule has 1 aromatic heterocycles. The van der Waals surface area contributed by atoms with Gasteiger partial charge in [-0.25, -0.2) is 4.79 Å². The first-order chi connectivity index (χ1) is 13.3. The van der Waals surface area contributed by atoms with Gasteiger partial charge in [0, 0.05) is 16.6 Å². The highest BCUT2D eigenvalue weighted by atomic mass is 19.4. The number of alkyl halides is 6. The quantitative estimate of drug-likeness (QED) is 0.516. The van der Waals surface area contributed by atoms with E-state index in [1.807, 2.05) is 5.32 Å². The summed E-state index contributed by atoms with van der Waals surface area (Å²) in [4.78, 5) is 25.9. The Kier molecular flexibility index (Phi) is 4.77. The third kappa shape index (κ3) is 4.33. The second kappa shape index (κ2) is 6.83. The molecule has 0 aliphatic heterocycles. The molecule has 0 atom stereocenters. The van der Waals surface area contributed by atoms with Crippen LogP contribution in [0.1, 0.15) is 32.0 Å². The lowest BCUT2D eigenvalue weighted by molar-refractivity contribution is -0.143. The topological polar surface area (TPSA) is 82.2 Å². The predicted molar refractivity (Wildman–Crippen MR) is 89.7 cm³/mol. The number of aromatic carboxylic acids is 1. The number of fused-ring (bicyclic) bond motifs is 1. The van der Waals surface area contributed by atoms with Crippen LogP contribution in [0.25, 0.3) is 10.9 Å². The lowest BCUT2D eigenvalue weighted by Crippen LogP contribution is -2.16. The molecule has 0 aliphatic carbocycles. The number of hydrogen-bond donors (Lipinski definition) is 3. The summed E-state index contributed by atoms with van der Waals surface area (Å²) in [5, 5.41) is 11.3. The van der Waals surface area contributed by atoms with Crippen molar-refractivity contribution in [3.8, 4) is 0 Å². The van der Waals surface area contributed by atoms with Gasteiger partial charge in [0.15, 0.2) is 0 Å². The smallest absolute Gasteiger partial charge is 0.416 e. The van der Waals surface area contributed by atoms with Crippen LogP contribution in [0.3, 0.4) is 0 Å². The van der Waals surface area contributed by atoms with Gasteiger partial charge < -0.3 is 15.4 Å². The minimum atomic E-state index is -5.05. The molecule has 0 saturated carbocycles. The number of anilines is 1. The molecule has 1 amide bonds. The second-order valence-corrected chi connectivity index (χ2v) is 6.04. The van der Waals surface area contributed by atoms with Crippen molar-refractivity contribution in [2.75, 3.05) is 5.32 Å². The summed E-state index contributed by atoms with van der Waals surface area (Å²) < 4.78 is 77.4. The fourth-order valence-corrected chi connectivity index (χ4v) is 2.61. The number of nitrogens with one attached hydrogen (secondary N) is 2. The van der Waals surface area contributed by atoms with Gasteiger partial charge in [-0.2, -0.15) is 26.3 Å². The molecule has 152 valence electrons. The molecule has 3 N–H and O–H groups in total. The van der Waals surface area contributed by atoms with Crippen molar-refractivity contribution in [2.45, 2.75) is 12.4 Å². The van der Waals surface area contributed by atoms with Gasteiger partial charge in [-0.1, -0.05) is 0 Å². The maximum atomic E-state index is 12.9.